The molecule has 0 radical (unpaired) electrons. The third-order valence-electron chi connectivity index (χ3n) is 3.55. The number of nitrogens with one attached hydrogen (secondary N) is 1. The molecule has 1 aliphatic heterocycles. The number of hydrogen-bond donors (Lipinski definition) is 1. The van der Waals surface area contributed by atoms with Crippen molar-refractivity contribution in [2.45, 2.75) is 0 Å². The van der Waals surface area contributed by atoms with Crippen molar-refractivity contribution in [2.75, 3.05) is 13.1 Å². The second kappa shape index (κ2) is 8.64. The highest BCUT2D eigenvalue weighted by molar-refractivity contribution is 8.18. The first-order valence-corrected chi connectivity index (χ1v) is 9.63. The molecular weight excluding hydrogens is 368 g/mol. The molecule has 26 heavy (non-hydrogen) atoms. The molecule has 3 amide bonds. The van der Waals surface area contributed by atoms with Crippen molar-refractivity contribution >= 4 is 52.3 Å². The molecular formula is C19H16N2O3S2. The van der Waals surface area contributed by atoms with Gasteiger partial charge in [-0.15, -0.1) is 11.3 Å². The third-order valence-corrected chi connectivity index (χ3v) is 5.28. The highest BCUT2D eigenvalue weighted by Crippen LogP contribution is 2.32. The van der Waals surface area contributed by atoms with Gasteiger partial charge in [-0.2, -0.15) is 0 Å². The zero-order valence-electron chi connectivity index (χ0n) is 13.8. The Hall–Kier alpha value is -2.64. The van der Waals surface area contributed by atoms with E-state index in [1.165, 1.54) is 17.4 Å². The minimum atomic E-state index is -0.317. The monoisotopic (exact) mass is 384 g/mol. The molecule has 1 aromatic heterocycles. The largest absolute Gasteiger partial charge is 0.351 e. The Morgan fingerprint density at radius 1 is 1.12 bits per heavy atom. The van der Waals surface area contributed by atoms with Crippen LogP contribution in [-0.2, 0) is 9.59 Å². The van der Waals surface area contributed by atoms with E-state index >= 15 is 0 Å². The summed E-state index contributed by atoms with van der Waals surface area (Å²) in [4.78, 5) is 38.7. The lowest BCUT2D eigenvalue weighted by Crippen LogP contribution is -2.36. The van der Waals surface area contributed by atoms with E-state index in [-0.39, 0.29) is 30.1 Å². The summed E-state index contributed by atoms with van der Waals surface area (Å²) in [5.74, 6) is -0.586. The molecule has 2 heterocycles. The molecule has 3 rings (SSSR count). The molecule has 1 fully saturated rings. The number of imide groups is 1. The van der Waals surface area contributed by atoms with Crippen LogP contribution in [0.3, 0.4) is 0 Å². The lowest BCUT2D eigenvalue weighted by Gasteiger charge is -2.12. The molecule has 2 aromatic rings. The number of thioether (sulfide) groups is 1. The van der Waals surface area contributed by atoms with Crippen molar-refractivity contribution in [3.05, 3.63) is 69.3 Å². The fourth-order valence-corrected chi connectivity index (χ4v) is 3.87. The van der Waals surface area contributed by atoms with Crippen molar-refractivity contribution in [1.82, 2.24) is 10.2 Å². The third kappa shape index (κ3) is 4.71. The minimum Gasteiger partial charge on any atom is -0.351 e. The van der Waals surface area contributed by atoms with Gasteiger partial charge in [0.25, 0.3) is 11.1 Å². The second-order valence-corrected chi connectivity index (χ2v) is 7.36. The Balaban J connectivity index is 1.50. The van der Waals surface area contributed by atoms with Crippen molar-refractivity contribution in [3.63, 3.8) is 0 Å². The SMILES string of the molecule is O=C(C=Cc1ccccc1)NCCN1C(=O)SC(=Cc2cccs2)C1=O. The zero-order chi connectivity index (χ0) is 18.4. The van der Waals surface area contributed by atoms with Gasteiger partial charge in [-0.3, -0.25) is 19.3 Å². The Morgan fingerprint density at radius 3 is 2.65 bits per heavy atom. The van der Waals surface area contributed by atoms with E-state index in [1.54, 1.807) is 12.2 Å². The molecule has 0 spiro atoms. The molecule has 0 bridgehead atoms. The van der Waals surface area contributed by atoms with Crippen molar-refractivity contribution in [1.29, 1.82) is 0 Å². The Labute approximate surface area is 159 Å². The molecule has 1 aromatic carbocycles. The number of benzene rings is 1. The van der Waals surface area contributed by atoms with Gasteiger partial charge in [0.1, 0.15) is 0 Å². The summed E-state index contributed by atoms with van der Waals surface area (Å²) in [7, 11) is 0. The zero-order valence-corrected chi connectivity index (χ0v) is 15.4. The molecule has 1 saturated heterocycles. The number of carbonyl (C=O) groups excluding carboxylic acids is 3. The van der Waals surface area contributed by atoms with Crippen LogP contribution < -0.4 is 5.32 Å². The molecule has 5 nitrogen and oxygen atoms in total. The summed E-state index contributed by atoms with van der Waals surface area (Å²) in [6, 6.07) is 13.2. The summed E-state index contributed by atoms with van der Waals surface area (Å²) in [5.41, 5.74) is 0.923. The predicted molar refractivity (Wildman–Crippen MR) is 105 cm³/mol. The van der Waals surface area contributed by atoms with Crippen LogP contribution in [0.5, 0.6) is 0 Å². The summed E-state index contributed by atoms with van der Waals surface area (Å²) < 4.78 is 0. The standard InChI is InChI=1S/C19H16N2O3S2/c22-17(9-8-14-5-2-1-3-6-14)20-10-11-21-18(23)16(26-19(21)24)13-15-7-4-12-25-15/h1-9,12-13H,10-11H2,(H,20,22). The van der Waals surface area contributed by atoms with Gasteiger partial charge in [0.15, 0.2) is 0 Å². The van der Waals surface area contributed by atoms with E-state index in [0.717, 1.165) is 27.1 Å². The van der Waals surface area contributed by atoms with E-state index in [9.17, 15) is 14.4 Å². The number of thiophene rings is 1. The molecule has 132 valence electrons. The van der Waals surface area contributed by atoms with Crippen LogP contribution in [0, 0.1) is 0 Å². The van der Waals surface area contributed by atoms with E-state index < -0.39 is 0 Å². The van der Waals surface area contributed by atoms with Crippen LogP contribution in [0.1, 0.15) is 10.4 Å². The normalized spacial score (nSPS) is 16.0. The van der Waals surface area contributed by atoms with E-state index in [1.807, 2.05) is 47.8 Å². The van der Waals surface area contributed by atoms with Crippen molar-refractivity contribution in [2.24, 2.45) is 0 Å². The Morgan fingerprint density at radius 2 is 1.92 bits per heavy atom. The quantitative estimate of drug-likeness (QED) is 0.773. The fraction of sp³-hybridized carbons (Fsp3) is 0.105. The van der Waals surface area contributed by atoms with Gasteiger partial charge in [0.2, 0.25) is 5.91 Å². The van der Waals surface area contributed by atoms with Crippen molar-refractivity contribution < 1.29 is 14.4 Å². The summed E-state index contributed by atoms with van der Waals surface area (Å²) in [6.07, 6.45) is 4.86. The van der Waals surface area contributed by atoms with Crippen LogP contribution >= 0.6 is 23.1 Å². The second-order valence-electron chi connectivity index (χ2n) is 5.38. The molecule has 0 atom stereocenters. The average Bonchev–Trinajstić information content (AvgIpc) is 3.24. The highest BCUT2D eigenvalue weighted by Gasteiger charge is 2.34. The van der Waals surface area contributed by atoms with Crippen LogP contribution in [0.2, 0.25) is 0 Å². The fourth-order valence-electron chi connectivity index (χ4n) is 2.28. The molecule has 7 heteroatoms. The first kappa shape index (κ1) is 18.2. The van der Waals surface area contributed by atoms with Gasteiger partial charge in [0, 0.05) is 24.0 Å². The van der Waals surface area contributed by atoms with E-state index in [4.69, 9.17) is 0 Å². The first-order valence-electron chi connectivity index (χ1n) is 7.93. The van der Waals surface area contributed by atoms with Gasteiger partial charge < -0.3 is 5.32 Å². The highest BCUT2D eigenvalue weighted by atomic mass is 32.2. The summed E-state index contributed by atoms with van der Waals surface area (Å²) in [6.45, 7) is 0.361. The molecule has 0 saturated carbocycles. The topological polar surface area (TPSA) is 66.5 Å². The number of nitrogens with zero attached hydrogens (tertiary/aromatic N) is 1. The lowest BCUT2D eigenvalue weighted by molar-refractivity contribution is -0.123. The van der Waals surface area contributed by atoms with Gasteiger partial charge in [-0.05, 0) is 40.9 Å². The van der Waals surface area contributed by atoms with Crippen LogP contribution in [0.15, 0.2) is 58.8 Å². The molecule has 0 aliphatic carbocycles. The van der Waals surface area contributed by atoms with Gasteiger partial charge >= 0.3 is 0 Å². The van der Waals surface area contributed by atoms with E-state index in [2.05, 4.69) is 5.32 Å². The Bertz CT molecular complexity index is 858. The van der Waals surface area contributed by atoms with Gasteiger partial charge in [-0.25, -0.2) is 0 Å². The Kier molecular flexibility index (Phi) is 6.04. The van der Waals surface area contributed by atoms with Crippen molar-refractivity contribution in [3.8, 4) is 0 Å². The van der Waals surface area contributed by atoms with E-state index in [0.29, 0.717) is 4.91 Å². The van der Waals surface area contributed by atoms with Crippen LogP contribution in [-0.4, -0.2) is 35.0 Å². The smallest absolute Gasteiger partial charge is 0.293 e. The first-order chi connectivity index (χ1) is 12.6. The summed E-state index contributed by atoms with van der Waals surface area (Å²) in [5, 5.41) is 4.28. The van der Waals surface area contributed by atoms with Gasteiger partial charge in [-0.1, -0.05) is 36.4 Å². The minimum absolute atomic E-state index is 0.150. The van der Waals surface area contributed by atoms with Crippen LogP contribution in [0.4, 0.5) is 4.79 Å². The average molecular weight is 384 g/mol. The maximum Gasteiger partial charge on any atom is 0.293 e. The lowest BCUT2D eigenvalue weighted by atomic mass is 10.2. The molecule has 1 N–H and O–H groups in total. The number of carbonyl (C=O) groups is 3. The maximum atomic E-state index is 12.3. The van der Waals surface area contributed by atoms with Gasteiger partial charge in [0.05, 0.1) is 4.91 Å². The predicted octanol–water partition coefficient (Wildman–Crippen LogP) is 3.61. The van der Waals surface area contributed by atoms with Crippen LogP contribution in [0.25, 0.3) is 12.2 Å². The number of rotatable bonds is 6. The summed E-state index contributed by atoms with van der Waals surface area (Å²) >= 11 is 2.43. The number of amides is 3. The maximum absolute atomic E-state index is 12.3. The number of hydrogen-bond acceptors (Lipinski definition) is 5. The molecule has 1 aliphatic rings. The molecule has 0 unspecified atom stereocenters.